The van der Waals surface area contributed by atoms with Crippen molar-refractivity contribution in [3.05, 3.63) is 71.8 Å². The molecule has 0 aliphatic heterocycles. The molecule has 0 saturated carbocycles. The summed E-state index contributed by atoms with van der Waals surface area (Å²) in [5.74, 6) is 0. The van der Waals surface area contributed by atoms with Gasteiger partial charge in [-0.25, -0.2) is 0 Å². The van der Waals surface area contributed by atoms with Crippen molar-refractivity contribution in [2.75, 3.05) is 0 Å². The van der Waals surface area contributed by atoms with Crippen LogP contribution in [-0.2, 0) is 13.2 Å². The van der Waals surface area contributed by atoms with Crippen molar-refractivity contribution < 1.29 is 10.2 Å². The number of fused-ring (bicyclic) bond motifs is 2. The maximum atomic E-state index is 10.0. The van der Waals surface area contributed by atoms with Crippen LogP contribution in [0.4, 0.5) is 0 Å². The second-order valence-electron chi connectivity index (χ2n) is 6.32. The van der Waals surface area contributed by atoms with E-state index in [1.165, 1.54) is 26.9 Å². The fourth-order valence-electron chi connectivity index (χ4n) is 4.17. The molecule has 116 valence electrons. The van der Waals surface area contributed by atoms with Gasteiger partial charge >= 0.3 is 0 Å². The normalized spacial score (nSPS) is 12.1. The molecule has 5 rings (SSSR count). The molecule has 0 amide bonds. The van der Waals surface area contributed by atoms with Gasteiger partial charge in [-0.05, 0) is 60.3 Å². The minimum Gasteiger partial charge on any atom is -0.392 e. The number of hydrogen-bond donors (Lipinski definition) is 2. The van der Waals surface area contributed by atoms with Gasteiger partial charge in [-0.15, -0.1) is 0 Å². The quantitative estimate of drug-likeness (QED) is 0.366. The Morgan fingerprint density at radius 3 is 1.88 bits per heavy atom. The molecule has 0 unspecified atom stereocenters. The van der Waals surface area contributed by atoms with Crippen molar-refractivity contribution in [1.82, 2.24) is 0 Å². The molecule has 0 atom stereocenters. The number of hydrogen-bond acceptors (Lipinski definition) is 2. The lowest BCUT2D eigenvalue weighted by atomic mass is 9.86. The Morgan fingerprint density at radius 1 is 0.583 bits per heavy atom. The first-order valence-corrected chi connectivity index (χ1v) is 8.15. The lowest BCUT2D eigenvalue weighted by Crippen LogP contribution is -1.98. The van der Waals surface area contributed by atoms with Crippen LogP contribution in [0.1, 0.15) is 11.1 Å². The molecule has 5 aromatic rings. The highest BCUT2D eigenvalue weighted by atomic mass is 16.3. The summed E-state index contributed by atoms with van der Waals surface area (Å²) in [6.45, 7) is -0.144. The van der Waals surface area contributed by atoms with E-state index >= 15 is 0 Å². The Labute approximate surface area is 138 Å². The molecule has 2 N–H and O–H groups in total. The largest absolute Gasteiger partial charge is 0.392 e. The van der Waals surface area contributed by atoms with Gasteiger partial charge in [0.2, 0.25) is 0 Å². The van der Waals surface area contributed by atoms with Crippen molar-refractivity contribution in [2.24, 2.45) is 0 Å². The zero-order chi connectivity index (χ0) is 16.3. The Kier molecular flexibility index (Phi) is 2.81. The molecule has 0 radical (unpaired) electrons. The molecule has 2 nitrogen and oxygen atoms in total. The zero-order valence-electron chi connectivity index (χ0n) is 13.1. The summed E-state index contributed by atoms with van der Waals surface area (Å²) < 4.78 is 0. The lowest BCUT2D eigenvalue weighted by Gasteiger charge is -2.18. The topological polar surface area (TPSA) is 40.5 Å². The third-order valence-corrected chi connectivity index (χ3v) is 5.16. The predicted molar refractivity (Wildman–Crippen MR) is 99.5 cm³/mol. The third kappa shape index (κ3) is 1.62. The molecule has 5 aromatic carbocycles. The zero-order valence-corrected chi connectivity index (χ0v) is 13.1. The van der Waals surface area contributed by atoms with Crippen LogP contribution in [0, 0.1) is 0 Å². The monoisotopic (exact) mass is 312 g/mol. The summed E-state index contributed by atoms with van der Waals surface area (Å²) in [5.41, 5.74) is 1.63. The fraction of sp³-hybridized carbons (Fsp3) is 0.0909. The van der Waals surface area contributed by atoms with Crippen molar-refractivity contribution in [3.63, 3.8) is 0 Å². The molecule has 24 heavy (non-hydrogen) atoms. The molecular formula is C22H16O2. The van der Waals surface area contributed by atoms with E-state index in [2.05, 4.69) is 54.6 Å². The Bertz CT molecular complexity index is 1220. The van der Waals surface area contributed by atoms with Crippen molar-refractivity contribution in [3.8, 4) is 0 Å². The summed E-state index contributed by atoms with van der Waals surface area (Å²) >= 11 is 0. The van der Waals surface area contributed by atoms with Gasteiger partial charge in [0.05, 0.1) is 13.2 Å². The molecule has 0 aliphatic rings. The maximum absolute atomic E-state index is 10.0. The molecular weight excluding hydrogens is 296 g/mol. The van der Waals surface area contributed by atoms with E-state index in [1.807, 2.05) is 6.07 Å². The second-order valence-corrected chi connectivity index (χ2v) is 6.32. The summed E-state index contributed by atoms with van der Waals surface area (Å²) in [6.07, 6.45) is 0. The highest BCUT2D eigenvalue weighted by Gasteiger charge is 2.17. The van der Waals surface area contributed by atoms with Crippen LogP contribution in [0.25, 0.3) is 43.1 Å². The molecule has 0 saturated heterocycles. The van der Waals surface area contributed by atoms with Gasteiger partial charge < -0.3 is 10.2 Å². The van der Waals surface area contributed by atoms with Gasteiger partial charge in [-0.3, -0.25) is 0 Å². The average molecular weight is 312 g/mol. The van der Waals surface area contributed by atoms with Crippen LogP contribution in [0.3, 0.4) is 0 Å². The van der Waals surface area contributed by atoms with Gasteiger partial charge in [0.15, 0.2) is 0 Å². The Balaban J connectivity index is 2.24. The summed E-state index contributed by atoms with van der Waals surface area (Å²) in [4.78, 5) is 0. The first kappa shape index (κ1) is 13.7. The van der Waals surface area contributed by atoms with Gasteiger partial charge in [-0.2, -0.15) is 0 Å². The van der Waals surface area contributed by atoms with Crippen LogP contribution >= 0.6 is 0 Å². The lowest BCUT2D eigenvalue weighted by molar-refractivity contribution is 0.261. The highest BCUT2D eigenvalue weighted by Crippen LogP contribution is 2.42. The van der Waals surface area contributed by atoms with E-state index in [0.29, 0.717) is 0 Å². The van der Waals surface area contributed by atoms with Gasteiger partial charge in [0.1, 0.15) is 0 Å². The van der Waals surface area contributed by atoms with Gasteiger partial charge in [-0.1, -0.05) is 54.6 Å². The van der Waals surface area contributed by atoms with Crippen molar-refractivity contribution in [2.45, 2.75) is 13.2 Å². The van der Waals surface area contributed by atoms with Gasteiger partial charge in [0, 0.05) is 0 Å². The maximum Gasteiger partial charge on any atom is 0.0691 e. The van der Waals surface area contributed by atoms with E-state index in [1.54, 1.807) is 0 Å². The van der Waals surface area contributed by atoms with Crippen LogP contribution in [-0.4, -0.2) is 10.2 Å². The minimum absolute atomic E-state index is 0.0688. The molecule has 0 fully saturated rings. The molecule has 0 aromatic heterocycles. The second kappa shape index (κ2) is 4.91. The Hall–Kier alpha value is -2.68. The average Bonchev–Trinajstić information content (AvgIpc) is 2.64. The van der Waals surface area contributed by atoms with Gasteiger partial charge in [0.25, 0.3) is 0 Å². The molecule has 2 heteroatoms. The number of aliphatic hydroxyl groups is 2. The summed E-state index contributed by atoms with van der Waals surface area (Å²) in [6, 6.07) is 21.0. The predicted octanol–water partition coefficient (Wildman–Crippen LogP) is 4.72. The first-order chi connectivity index (χ1) is 11.8. The van der Waals surface area contributed by atoms with Crippen molar-refractivity contribution in [1.29, 1.82) is 0 Å². The van der Waals surface area contributed by atoms with Crippen LogP contribution in [0.5, 0.6) is 0 Å². The summed E-state index contributed by atoms with van der Waals surface area (Å²) in [5, 5.41) is 29.2. The number of aliphatic hydroxyl groups excluding tert-OH is 2. The van der Waals surface area contributed by atoms with Crippen LogP contribution in [0.2, 0.25) is 0 Å². The molecule has 0 aliphatic carbocycles. The molecule has 0 heterocycles. The standard InChI is InChI=1S/C22H16O2/c23-11-15-10-14-6-3-8-17-16-7-1-4-13-5-2-9-18(20(13)16)22(21(14)17)19(15)12-24/h1-10,23-24H,11-12H2. The van der Waals surface area contributed by atoms with E-state index < -0.39 is 0 Å². The van der Waals surface area contributed by atoms with E-state index in [4.69, 9.17) is 0 Å². The Morgan fingerprint density at radius 2 is 1.21 bits per heavy atom. The van der Waals surface area contributed by atoms with Crippen LogP contribution < -0.4 is 0 Å². The van der Waals surface area contributed by atoms with Crippen LogP contribution in [0.15, 0.2) is 60.7 Å². The number of rotatable bonds is 2. The fourth-order valence-corrected chi connectivity index (χ4v) is 4.17. The SMILES string of the molecule is OCc1cc2cccc3c4cccc5cccc(c(c1CO)c23)c54. The first-order valence-electron chi connectivity index (χ1n) is 8.15. The molecule has 0 spiro atoms. The highest BCUT2D eigenvalue weighted by molar-refractivity contribution is 6.33. The third-order valence-electron chi connectivity index (χ3n) is 5.16. The molecule has 0 bridgehead atoms. The van der Waals surface area contributed by atoms with E-state index in [0.717, 1.165) is 27.3 Å². The summed E-state index contributed by atoms with van der Waals surface area (Å²) in [7, 11) is 0. The minimum atomic E-state index is -0.0753. The van der Waals surface area contributed by atoms with E-state index in [-0.39, 0.29) is 13.2 Å². The van der Waals surface area contributed by atoms with E-state index in [9.17, 15) is 10.2 Å². The van der Waals surface area contributed by atoms with Crippen molar-refractivity contribution >= 4 is 43.1 Å². The smallest absolute Gasteiger partial charge is 0.0691 e. The number of benzene rings is 5.